The van der Waals surface area contributed by atoms with E-state index in [0.29, 0.717) is 16.3 Å². The highest BCUT2D eigenvalue weighted by molar-refractivity contribution is 6.30. The van der Waals surface area contributed by atoms with Gasteiger partial charge in [-0.1, -0.05) is 41.9 Å². The minimum atomic E-state index is -1.76. The number of carboxylic acid groups (broad SMARTS) is 1. The van der Waals surface area contributed by atoms with Crippen molar-refractivity contribution in [3.8, 4) is 11.4 Å². The van der Waals surface area contributed by atoms with Gasteiger partial charge in [0.15, 0.2) is 5.82 Å². The Morgan fingerprint density at radius 1 is 1.21 bits per heavy atom. The van der Waals surface area contributed by atoms with Gasteiger partial charge < -0.3 is 10.4 Å². The third-order valence-corrected chi connectivity index (χ3v) is 4.76. The van der Waals surface area contributed by atoms with Crippen LogP contribution in [0.15, 0.2) is 59.4 Å². The first-order valence-electron chi connectivity index (χ1n) is 8.45. The number of hydrogen-bond donors (Lipinski definition) is 2. The molecule has 2 N–H and O–H groups in total. The highest BCUT2D eigenvalue weighted by Gasteiger charge is 2.44. The lowest BCUT2D eigenvalue weighted by molar-refractivity contribution is -0.144. The van der Waals surface area contributed by atoms with E-state index in [0.717, 1.165) is 5.56 Å². The largest absolute Gasteiger partial charge is 0.478 e. The van der Waals surface area contributed by atoms with Gasteiger partial charge in [-0.05, 0) is 42.8 Å². The van der Waals surface area contributed by atoms with Crippen LogP contribution in [0.3, 0.4) is 0 Å². The van der Waals surface area contributed by atoms with E-state index in [1.807, 2.05) is 0 Å². The Hall–Kier alpha value is -3.45. The second-order valence-electron chi connectivity index (χ2n) is 6.36. The van der Waals surface area contributed by atoms with Crippen LogP contribution in [0.2, 0.25) is 5.02 Å². The topological polar surface area (TPSA) is 97.1 Å². The van der Waals surface area contributed by atoms with Crippen LogP contribution in [0, 0.1) is 6.92 Å². The molecule has 0 bridgehead atoms. The summed E-state index contributed by atoms with van der Waals surface area (Å²) in [5.41, 5.74) is -0.237. The van der Waals surface area contributed by atoms with Gasteiger partial charge in [0.25, 0.3) is 11.2 Å². The monoisotopic (exact) mass is 394 g/mol. The molecule has 0 saturated heterocycles. The van der Waals surface area contributed by atoms with E-state index in [1.165, 1.54) is 17.7 Å². The first-order chi connectivity index (χ1) is 13.4. The van der Waals surface area contributed by atoms with E-state index in [4.69, 9.17) is 11.6 Å². The number of benzene rings is 2. The summed E-state index contributed by atoms with van der Waals surface area (Å²) in [7, 11) is 0. The summed E-state index contributed by atoms with van der Waals surface area (Å²) in [5, 5.41) is 18.0. The number of rotatable bonds is 3. The number of anilines is 1. The molecule has 1 aliphatic heterocycles. The Morgan fingerprint density at radius 3 is 2.64 bits per heavy atom. The van der Waals surface area contributed by atoms with Crippen molar-refractivity contribution >= 4 is 29.3 Å². The molecule has 1 aliphatic rings. The van der Waals surface area contributed by atoms with Crippen molar-refractivity contribution in [2.45, 2.75) is 12.6 Å². The van der Waals surface area contributed by atoms with Crippen molar-refractivity contribution in [3.63, 3.8) is 0 Å². The fraction of sp³-hybridized carbons (Fsp3) is 0.100. The number of nitrogens with zero attached hydrogens (tertiary/aromatic N) is 3. The van der Waals surface area contributed by atoms with Crippen LogP contribution in [-0.4, -0.2) is 25.8 Å². The van der Waals surface area contributed by atoms with Crippen LogP contribution in [-0.2, 0) is 10.5 Å². The van der Waals surface area contributed by atoms with Crippen molar-refractivity contribution < 1.29 is 9.90 Å². The molecule has 0 aliphatic carbocycles. The molecule has 0 radical (unpaired) electrons. The highest BCUT2D eigenvalue weighted by atomic mass is 35.5. The number of aromatic nitrogens is 3. The van der Waals surface area contributed by atoms with Crippen molar-refractivity contribution in [2.75, 3.05) is 5.32 Å². The summed E-state index contributed by atoms with van der Waals surface area (Å²) in [6.45, 7) is 1.50. The van der Waals surface area contributed by atoms with Crippen LogP contribution in [0.4, 0.5) is 5.69 Å². The fourth-order valence-corrected chi connectivity index (χ4v) is 3.17. The SMILES string of the molecule is Cc1nn2c(nc1=O)-c1ccccc1N[C@@]2(/C=C/c1ccc(Cl)cc1)C(=O)O. The first-order valence-corrected chi connectivity index (χ1v) is 8.83. The molecule has 0 fully saturated rings. The molecule has 0 spiro atoms. The van der Waals surface area contributed by atoms with Gasteiger partial charge in [0, 0.05) is 16.3 Å². The van der Waals surface area contributed by atoms with E-state index in [-0.39, 0.29) is 11.5 Å². The Bertz CT molecular complexity index is 1170. The van der Waals surface area contributed by atoms with Gasteiger partial charge in [-0.25, -0.2) is 9.48 Å². The van der Waals surface area contributed by atoms with Crippen molar-refractivity contribution in [1.29, 1.82) is 0 Å². The highest BCUT2D eigenvalue weighted by Crippen LogP contribution is 2.37. The minimum Gasteiger partial charge on any atom is -0.478 e. The van der Waals surface area contributed by atoms with Crippen LogP contribution < -0.4 is 10.9 Å². The molecule has 4 rings (SSSR count). The van der Waals surface area contributed by atoms with Gasteiger partial charge in [0.1, 0.15) is 5.69 Å². The van der Waals surface area contributed by atoms with Crippen molar-refractivity contribution in [2.24, 2.45) is 0 Å². The average molecular weight is 395 g/mol. The molecule has 8 heteroatoms. The zero-order valence-electron chi connectivity index (χ0n) is 14.8. The molecule has 0 amide bonds. The Balaban J connectivity index is 1.95. The predicted octanol–water partition coefficient (Wildman–Crippen LogP) is 3.14. The number of carboxylic acids is 1. The summed E-state index contributed by atoms with van der Waals surface area (Å²) in [6.07, 6.45) is 3.14. The Morgan fingerprint density at radius 2 is 1.93 bits per heavy atom. The van der Waals surface area contributed by atoms with Gasteiger partial charge in [0.05, 0.1) is 0 Å². The third kappa shape index (κ3) is 2.86. The lowest BCUT2D eigenvalue weighted by Gasteiger charge is -2.36. The second kappa shape index (κ2) is 6.61. The van der Waals surface area contributed by atoms with E-state index >= 15 is 0 Å². The lowest BCUT2D eigenvalue weighted by Crippen LogP contribution is -2.52. The van der Waals surface area contributed by atoms with Gasteiger partial charge in [-0.15, -0.1) is 0 Å². The number of para-hydroxylation sites is 1. The summed E-state index contributed by atoms with van der Waals surface area (Å²) in [6, 6.07) is 14.0. The zero-order chi connectivity index (χ0) is 19.9. The van der Waals surface area contributed by atoms with Gasteiger partial charge in [-0.3, -0.25) is 4.79 Å². The quantitative estimate of drug-likeness (QED) is 0.708. The van der Waals surface area contributed by atoms with Crippen LogP contribution in [0.1, 0.15) is 11.3 Å². The normalized spacial score (nSPS) is 17.6. The number of aryl methyl sites for hydroxylation is 1. The molecule has 1 aromatic heterocycles. The molecule has 28 heavy (non-hydrogen) atoms. The van der Waals surface area contributed by atoms with Crippen LogP contribution >= 0.6 is 11.6 Å². The van der Waals surface area contributed by atoms with Gasteiger partial charge in [0.2, 0.25) is 0 Å². The maximum atomic E-state index is 12.4. The number of halogens is 1. The molecule has 140 valence electrons. The maximum absolute atomic E-state index is 12.4. The number of fused-ring (bicyclic) bond motifs is 3. The molecule has 7 nitrogen and oxygen atoms in total. The molecule has 2 heterocycles. The fourth-order valence-electron chi connectivity index (χ4n) is 3.05. The maximum Gasteiger partial charge on any atom is 0.356 e. The second-order valence-corrected chi connectivity index (χ2v) is 6.80. The number of aliphatic carboxylic acids is 1. The molecule has 3 aromatic rings. The molecular formula is C20H15ClN4O3. The molecule has 1 atom stereocenters. The standard InChI is InChI=1S/C20H15ClN4O3/c1-12-18(26)22-17-15-4-2-3-5-16(15)23-20(19(27)28,25(17)24-12)11-10-13-6-8-14(21)9-7-13/h2-11,23H,1H3,(H,27,28)/b11-10+/t20-/m1/s1. The molecule has 0 unspecified atom stereocenters. The Kier molecular flexibility index (Phi) is 4.24. The summed E-state index contributed by atoms with van der Waals surface area (Å²) in [4.78, 5) is 28.6. The van der Waals surface area contributed by atoms with E-state index in [2.05, 4.69) is 15.4 Å². The van der Waals surface area contributed by atoms with Gasteiger partial charge in [-0.2, -0.15) is 10.1 Å². The van der Waals surface area contributed by atoms with E-state index < -0.39 is 17.2 Å². The molecule has 2 aromatic carbocycles. The number of carbonyl (C=O) groups is 1. The average Bonchev–Trinajstić information content (AvgIpc) is 2.68. The number of nitrogens with one attached hydrogen (secondary N) is 1. The van der Waals surface area contributed by atoms with Crippen molar-refractivity contribution in [3.05, 3.63) is 81.2 Å². The first kappa shape index (κ1) is 17.9. The Labute approximate surface area is 164 Å². The van der Waals surface area contributed by atoms with E-state index in [1.54, 1.807) is 54.6 Å². The minimum absolute atomic E-state index is 0.107. The van der Waals surface area contributed by atoms with Crippen molar-refractivity contribution in [1.82, 2.24) is 14.8 Å². The zero-order valence-corrected chi connectivity index (χ0v) is 15.5. The third-order valence-electron chi connectivity index (χ3n) is 4.51. The summed E-state index contributed by atoms with van der Waals surface area (Å²) < 4.78 is 1.24. The lowest BCUT2D eigenvalue weighted by atomic mass is 10.0. The summed E-state index contributed by atoms with van der Waals surface area (Å²) in [5.74, 6) is -1.00. The molecular weight excluding hydrogens is 380 g/mol. The predicted molar refractivity (Wildman–Crippen MR) is 106 cm³/mol. The van der Waals surface area contributed by atoms with Crippen LogP contribution in [0.25, 0.3) is 17.5 Å². The molecule has 0 saturated carbocycles. The van der Waals surface area contributed by atoms with Gasteiger partial charge >= 0.3 is 5.97 Å². The van der Waals surface area contributed by atoms with Crippen LogP contribution in [0.5, 0.6) is 0 Å². The number of hydrogen-bond acceptors (Lipinski definition) is 5. The summed E-state index contributed by atoms with van der Waals surface area (Å²) >= 11 is 5.91. The van der Waals surface area contributed by atoms with E-state index in [9.17, 15) is 14.7 Å². The smallest absolute Gasteiger partial charge is 0.356 e.